The van der Waals surface area contributed by atoms with E-state index >= 15 is 0 Å². The van der Waals surface area contributed by atoms with Crippen molar-refractivity contribution in [1.82, 2.24) is 0 Å². The molecule has 0 aromatic rings. The zero-order chi connectivity index (χ0) is 11.0. The van der Waals surface area contributed by atoms with Gasteiger partial charge in [-0.05, 0) is 42.4 Å². The lowest BCUT2D eigenvalue weighted by Crippen LogP contribution is -2.27. The van der Waals surface area contributed by atoms with Crippen LogP contribution >= 0.6 is 0 Å². The molecule has 0 heterocycles. The Balaban J connectivity index is 1.90. The van der Waals surface area contributed by atoms with Crippen LogP contribution in [0.1, 0.15) is 77.6 Å². The Kier molecular flexibility index (Phi) is 3.02. The van der Waals surface area contributed by atoms with Gasteiger partial charge in [-0.2, -0.15) is 0 Å². The smallest absolute Gasteiger partial charge is 0.0292 e. The molecule has 3 saturated carbocycles. The van der Waals surface area contributed by atoms with Crippen LogP contribution in [0.25, 0.3) is 0 Å². The van der Waals surface area contributed by atoms with E-state index in [1.165, 1.54) is 6.42 Å². The SMILES string of the molecule is CCC12CC3CCCC(CCC(CC3)C1)C2. The van der Waals surface area contributed by atoms with E-state index in [9.17, 15) is 0 Å². The van der Waals surface area contributed by atoms with Crippen molar-refractivity contribution in [3.8, 4) is 0 Å². The van der Waals surface area contributed by atoms with E-state index in [2.05, 4.69) is 6.92 Å². The van der Waals surface area contributed by atoms with Crippen molar-refractivity contribution in [3.05, 3.63) is 0 Å². The summed E-state index contributed by atoms with van der Waals surface area (Å²) < 4.78 is 0. The Labute approximate surface area is 101 Å². The van der Waals surface area contributed by atoms with Crippen molar-refractivity contribution in [2.45, 2.75) is 77.6 Å². The first-order valence-corrected chi connectivity index (χ1v) is 7.80. The largest absolute Gasteiger partial charge is 0.0649 e. The molecule has 3 fully saturated rings. The average Bonchev–Trinajstić information content (AvgIpc) is 2.57. The summed E-state index contributed by atoms with van der Waals surface area (Å²) in [6.07, 6.45) is 17.2. The minimum atomic E-state index is 0.785. The molecule has 0 saturated heterocycles. The van der Waals surface area contributed by atoms with E-state index in [0.29, 0.717) is 0 Å². The van der Waals surface area contributed by atoms with Crippen molar-refractivity contribution in [2.24, 2.45) is 23.2 Å². The first-order valence-electron chi connectivity index (χ1n) is 7.80. The summed E-state index contributed by atoms with van der Waals surface area (Å²) >= 11 is 0. The van der Waals surface area contributed by atoms with Crippen molar-refractivity contribution in [1.29, 1.82) is 0 Å². The lowest BCUT2D eigenvalue weighted by atomic mass is 9.67. The molecule has 0 aromatic heterocycles. The number of fused-ring (bicyclic) bond motifs is 3. The van der Waals surface area contributed by atoms with Gasteiger partial charge in [0.15, 0.2) is 0 Å². The molecule has 0 radical (unpaired) electrons. The van der Waals surface area contributed by atoms with E-state index in [1.54, 1.807) is 64.2 Å². The minimum Gasteiger partial charge on any atom is -0.0649 e. The molecule has 0 aromatic carbocycles. The molecule has 3 rings (SSSR count). The standard InChI is InChI=1S/C16H28/c1-2-16-10-13-4-3-5-14(11-16)7-9-15(12-16)8-6-13/h13-15H,2-12H2,1H3. The Hall–Kier alpha value is 0. The zero-order valence-electron chi connectivity index (χ0n) is 11.0. The Bertz CT molecular complexity index is 220. The fourth-order valence-corrected chi connectivity index (χ4v) is 5.20. The van der Waals surface area contributed by atoms with Gasteiger partial charge in [-0.1, -0.05) is 58.3 Å². The summed E-state index contributed by atoms with van der Waals surface area (Å²) in [6.45, 7) is 2.48. The van der Waals surface area contributed by atoms with Crippen LogP contribution in [-0.4, -0.2) is 0 Å². The van der Waals surface area contributed by atoms with Gasteiger partial charge in [-0.25, -0.2) is 0 Å². The summed E-state index contributed by atoms with van der Waals surface area (Å²) in [5, 5.41) is 0. The molecular formula is C16H28. The molecule has 4 bridgehead atoms. The third-order valence-electron chi connectivity index (χ3n) is 6.11. The molecule has 16 heavy (non-hydrogen) atoms. The Morgan fingerprint density at radius 3 is 1.62 bits per heavy atom. The molecule has 2 atom stereocenters. The van der Waals surface area contributed by atoms with Gasteiger partial charge < -0.3 is 0 Å². The van der Waals surface area contributed by atoms with Gasteiger partial charge in [0.05, 0.1) is 0 Å². The van der Waals surface area contributed by atoms with Gasteiger partial charge >= 0.3 is 0 Å². The maximum Gasteiger partial charge on any atom is -0.0292 e. The molecule has 2 unspecified atom stereocenters. The third kappa shape index (κ3) is 2.05. The zero-order valence-corrected chi connectivity index (χ0v) is 11.0. The molecule has 3 aliphatic carbocycles. The first-order chi connectivity index (χ1) is 7.80. The van der Waals surface area contributed by atoms with Gasteiger partial charge in [0.25, 0.3) is 0 Å². The van der Waals surface area contributed by atoms with Crippen LogP contribution in [0, 0.1) is 23.2 Å². The normalized spacial score (nSPS) is 48.2. The van der Waals surface area contributed by atoms with E-state index < -0.39 is 0 Å². The highest BCUT2D eigenvalue weighted by Crippen LogP contribution is 2.53. The second kappa shape index (κ2) is 4.35. The lowest BCUT2D eigenvalue weighted by molar-refractivity contribution is 0.129. The van der Waals surface area contributed by atoms with Crippen molar-refractivity contribution in [2.75, 3.05) is 0 Å². The maximum atomic E-state index is 2.48. The molecule has 0 heteroatoms. The fraction of sp³-hybridized carbons (Fsp3) is 1.00. The van der Waals surface area contributed by atoms with Crippen molar-refractivity contribution in [3.63, 3.8) is 0 Å². The molecular weight excluding hydrogens is 192 g/mol. The van der Waals surface area contributed by atoms with Gasteiger partial charge in [-0.15, -0.1) is 0 Å². The highest BCUT2D eigenvalue weighted by molar-refractivity contribution is 4.93. The average molecular weight is 220 g/mol. The van der Waals surface area contributed by atoms with Crippen molar-refractivity contribution >= 4 is 0 Å². The van der Waals surface area contributed by atoms with Crippen LogP contribution in [0.3, 0.4) is 0 Å². The minimum absolute atomic E-state index is 0.785. The fourth-order valence-electron chi connectivity index (χ4n) is 5.20. The second-order valence-corrected chi connectivity index (χ2v) is 7.15. The number of hydrogen-bond acceptors (Lipinski definition) is 0. The molecule has 0 amide bonds. The van der Waals surface area contributed by atoms with Crippen LogP contribution in [0.5, 0.6) is 0 Å². The number of hydrogen-bond donors (Lipinski definition) is 0. The molecule has 0 spiro atoms. The summed E-state index contributed by atoms with van der Waals surface area (Å²) in [4.78, 5) is 0. The van der Waals surface area contributed by atoms with E-state index in [1.807, 2.05) is 0 Å². The molecule has 92 valence electrons. The Morgan fingerprint density at radius 1 is 0.750 bits per heavy atom. The monoisotopic (exact) mass is 220 g/mol. The topological polar surface area (TPSA) is 0 Å². The molecule has 0 aliphatic heterocycles. The van der Waals surface area contributed by atoms with Crippen LogP contribution in [0.2, 0.25) is 0 Å². The van der Waals surface area contributed by atoms with Gasteiger partial charge in [0, 0.05) is 0 Å². The van der Waals surface area contributed by atoms with Gasteiger partial charge in [0.2, 0.25) is 0 Å². The van der Waals surface area contributed by atoms with E-state index in [4.69, 9.17) is 0 Å². The van der Waals surface area contributed by atoms with Crippen LogP contribution in [0.15, 0.2) is 0 Å². The Morgan fingerprint density at radius 2 is 1.19 bits per heavy atom. The van der Waals surface area contributed by atoms with Gasteiger partial charge in [0.1, 0.15) is 0 Å². The predicted octanol–water partition coefficient (Wildman–Crippen LogP) is 5.17. The van der Waals surface area contributed by atoms with E-state index in [0.717, 1.165) is 23.2 Å². The van der Waals surface area contributed by atoms with Crippen LogP contribution < -0.4 is 0 Å². The summed E-state index contributed by atoms with van der Waals surface area (Å²) in [5.41, 5.74) is 0.785. The molecule has 3 aliphatic rings. The van der Waals surface area contributed by atoms with Gasteiger partial charge in [-0.3, -0.25) is 0 Å². The highest BCUT2D eigenvalue weighted by Gasteiger charge is 2.41. The quantitative estimate of drug-likeness (QED) is 0.571. The third-order valence-corrected chi connectivity index (χ3v) is 6.11. The molecule has 0 nitrogen and oxygen atoms in total. The lowest BCUT2D eigenvalue weighted by Gasteiger charge is -2.38. The van der Waals surface area contributed by atoms with Crippen molar-refractivity contribution < 1.29 is 0 Å². The first kappa shape index (κ1) is 11.1. The second-order valence-electron chi connectivity index (χ2n) is 7.15. The predicted molar refractivity (Wildman–Crippen MR) is 69.4 cm³/mol. The highest BCUT2D eigenvalue weighted by atomic mass is 14.5. The summed E-state index contributed by atoms with van der Waals surface area (Å²) in [7, 11) is 0. The van der Waals surface area contributed by atoms with E-state index in [-0.39, 0.29) is 0 Å². The molecule has 0 N–H and O–H groups in total. The van der Waals surface area contributed by atoms with Crippen LogP contribution in [-0.2, 0) is 0 Å². The summed E-state index contributed by atoms with van der Waals surface area (Å²) in [5.74, 6) is 3.31. The number of rotatable bonds is 1. The maximum absolute atomic E-state index is 2.48. The van der Waals surface area contributed by atoms with Crippen LogP contribution in [0.4, 0.5) is 0 Å². The summed E-state index contributed by atoms with van der Waals surface area (Å²) in [6, 6.07) is 0.